The zero-order valence-corrected chi connectivity index (χ0v) is 11.4. The maximum atomic E-state index is 12.1. The molecule has 0 aliphatic rings. The van der Waals surface area contributed by atoms with Crippen molar-refractivity contribution in [2.24, 2.45) is 0 Å². The van der Waals surface area contributed by atoms with Gasteiger partial charge in [-0.25, -0.2) is 0 Å². The van der Waals surface area contributed by atoms with Crippen molar-refractivity contribution in [3.63, 3.8) is 0 Å². The predicted molar refractivity (Wildman–Crippen MR) is 70.7 cm³/mol. The van der Waals surface area contributed by atoms with Crippen molar-refractivity contribution >= 4 is 23.2 Å². The fraction of sp³-hybridized carbons (Fsp3) is 0.385. The minimum atomic E-state index is -0.514. The van der Waals surface area contributed by atoms with Gasteiger partial charge in [0.25, 0.3) is 5.91 Å². The first kappa shape index (κ1) is 14.5. The maximum absolute atomic E-state index is 12.1. The van der Waals surface area contributed by atoms with Crippen LogP contribution in [-0.4, -0.2) is 25.7 Å². The molecule has 0 aliphatic heterocycles. The highest BCUT2D eigenvalue weighted by atomic mass is 35.5. The van der Waals surface area contributed by atoms with Crippen LogP contribution in [0.25, 0.3) is 0 Å². The Balaban J connectivity index is 3.07. The van der Waals surface area contributed by atoms with Crippen LogP contribution in [0.3, 0.4) is 0 Å². The first-order valence-corrected chi connectivity index (χ1v) is 5.96. The standard InChI is InChI=1S/C13H15ClN2O2/c1-4-16(13(17)9(2)18-3)11-6-5-10(8-15)12(14)7-11/h5-7,9H,4H2,1-3H3. The number of hydrogen-bond acceptors (Lipinski definition) is 3. The van der Waals surface area contributed by atoms with E-state index in [1.54, 1.807) is 30.0 Å². The van der Waals surface area contributed by atoms with E-state index in [-0.39, 0.29) is 5.91 Å². The van der Waals surface area contributed by atoms with Gasteiger partial charge >= 0.3 is 0 Å². The maximum Gasteiger partial charge on any atom is 0.255 e. The van der Waals surface area contributed by atoms with Crippen LogP contribution in [0.1, 0.15) is 19.4 Å². The van der Waals surface area contributed by atoms with Crippen molar-refractivity contribution in [1.82, 2.24) is 0 Å². The molecule has 1 rings (SSSR count). The van der Waals surface area contributed by atoms with E-state index in [0.717, 1.165) is 0 Å². The lowest BCUT2D eigenvalue weighted by Crippen LogP contribution is -2.38. The summed E-state index contributed by atoms with van der Waals surface area (Å²) in [6.07, 6.45) is -0.514. The van der Waals surface area contributed by atoms with E-state index in [9.17, 15) is 4.79 Å². The van der Waals surface area contributed by atoms with Crippen molar-refractivity contribution in [1.29, 1.82) is 5.26 Å². The molecule has 1 atom stereocenters. The number of rotatable bonds is 4. The van der Waals surface area contributed by atoms with Gasteiger partial charge in [-0.1, -0.05) is 11.6 Å². The van der Waals surface area contributed by atoms with Gasteiger partial charge in [0.1, 0.15) is 12.2 Å². The van der Waals surface area contributed by atoms with Gasteiger partial charge < -0.3 is 9.64 Å². The van der Waals surface area contributed by atoms with E-state index in [2.05, 4.69) is 0 Å². The summed E-state index contributed by atoms with van der Waals surface area (Å²) in [7, 11) is 1.49. The Morgan fingerprint density at radius 3 is 2.72 bits per heavy atom. The monoisotopic (exact) mass is 266 g/mol. The van der Waals surface area contributed by atoms with Crippen LogP contribution in [0, 0.1) is 11.3 Å². The highest BCUT2D eigenvalue weighted by Crippen LogP contribution is 2.23. The summed E-state index contributed by atoms with van der Waals surface area (Å²) < 4.78 is 5.01. The number of nitriles is 1. The van der Waals surface area contributed by atoms with Gasteiger partial charge in [-0.15, -0.1) is 0 Å². The van der Waals surface area contributed by atoms with E-state index < -0.39 is 6.10 Å². The minimum Gasteiger partial charge on any atom is -0.372 e. The van der Waals surface area contributed by atoms with Gasteiger partial charge in [0, 0.05) is 19.3 Å². The second-order valence-corrected chi connectivity index (χ2v) is 4.14. The topological polar surface area (TPSA) is 53.3 Å². The first-order valence-electron chi connectivity index (χ1n) is 5.59. The molecule has 1 aromatic rings. The number of benzene rings is 1. The van der Waals surface area contributed by atoms with E-state index in [1.807, 2.05) is 13.0 Å². The number of anilines is 1. The second kappa shape index (κ2) is 6.39. The highest BCUT2D eigenvalue weighted by Gasteiger charge is 2.20. The molecule has 4 nitrogen and oxygen atoms in total. The largest absolute Gasteiger partial charge is 0.372 e. The van der Waals surface area contributed by atoms with E-state index in [1.165, 1.54) is 7.11 Å². The molecule has 5 heteroatoms. The number of nitrogens with zero attached hydrogens (tertiary/aromatic N) is 2. The van der Waals surface area contributed by atoms with Crippen LogP contribution >= 0.6 is 11.6 Å². The number of carbonyl (C=O) groups excluding carboxylic acids is 1. The quantitative estimate of drug-likeness (QED) is 0.842. The molecule has 0 radical (unpaired) electrons. The van der Waals surface area contributed by atoms with Gasteiger partial charge in [0.05, 0.1) is 10.6 Å². The zero-order chi connectivity index (χ0) is 13.7. The SMILES string of the molecule is CCN(C(=O)C(C)OC)c1ccc(C#N)c(Cl)c1. The number of ether oxygens (including phenoxy) is 1. The van der Waals surface area contributed by atoms with Gasteiger partial charge in [-0.2, -0.15) is 5.26 Å². The van der Waals surface area contributed by atoms with Crippen LogP contribution in [0.5, 0.6) is 0 Å². The Hall–Kier alpha value is -1.57. The normalized spacial score (nSPS) is 11.7. The number of methoxy groups -OCH3 is 1. The Morgan fingerprint density at radius 2 is 2.28 bits per heavy atom. The Kier molecular flexibility index (Phi) is 5.14. The smallest absolute Gasteiger partial charge is 0.255 e. The fourth-order valence-electron chi connectivity index (χ4n) is 1.55. The van der Waals surface area contributed by atoms with Gasteiger partial charge in [0.15, 0.2) is 0 Å². The molecule has 96 valence electrons. The van der Waals surface area contributed by atoms with Crippen molar-refractivity contribution in [3.8, 4) is 6.07 Å². The zero-order valence-electron chi connectivity index (χ0n) is 10.6. The number of halogens is 1. The summed E-state index contributed by atoms with van der Waals surface area (Å²) >= 11 is 5.96. The van der Waals surface area contributed by atoms with E-state index in [4.69, 9.17) is 21.6 Å². The fourth-order valence-corrected chi connectivity index (χ4v) is 1.77. The Labute approximate surface area is 112 Å². The molecule has 0 aliphatic carbocycles. The van der Waals surface area contributed by atoms with Crippen molar-refractivity contribution in [2.45, 2.75) is 20.0 Å². The van der Waals surface area contributed by atoms with Crippen LogP contribution < -0.4 is 4.90 Å². The molecule has 0 saturated carbocycles. The van der Waals surface area contributed by atoms with Crippen LogP contribution in [0.15, 0.2) is 18.2 Å². The third-order valence-electron chi connectivity index (χ3n) is 2.67. The van der Waals surface area contributed by atoms with Crippen molar-refractivity contribution in [3.05, 3.63) is 28.8 Å². The number of amides is 1. The molecule has 0 N–H and O–H groups in total. The summed E-state index contributed by atoms with van der Waals surface area (Å²) in [4.78, 5) is 13.6. The molecule has 0 saturated heterocycles. The molecular formula is C13H15ClN2O2. The average molecular weight is 267 g/mol. The third kappa shape index (κ3) is 3.00. The molecule has 18 heavy (non-hydrogen) atoms. The lowest BCUT2D eigenvalue weighted by atomic mass is 10.2. The first-order chi connectivity index (χ1) is 8.54. The van der Waals surface area contributed by atoms with Gasteiger partial charge in [0.2, 0.25) is 0 Å². The molecule has 0 fully saturated rings. The third-order valence-corrected chi connectivity index (χ3v) is 2.98. The van der Waals surface area contributed by atoms with E-state index in [0.29, 0.717) is 22.8 Å². The summed E-state index contributed by atoms with van der Waals surface area (Å²) in [5.74, 6) is -0.138. The van der Waals surface area contributed by atoms with Crippen molar-refractivity contribution < 1.29 is 9.53 Å². The number of hydrogen-bond donors (Lipinski definition) is 0. The summed E-state index contributed by atoms with van der Waals surface area (Å²) in [6, 6.07) is 6.90. The van der Waals surface area contributed by atoms with E-state index >= 15 is 0 Å². The highest BCUT2D eigenvalue weighted by molar-refractivity contribution is 6.32. The molecule has 0 heterocycles. The number of carbonyl (C=O) groups is 1. The lowest BCUT2D eigenvalue weighted by molar-refractivity contribution is -0.127. The minimum absolute atomic E-state index is 0.138. The van der Waals surface area contributed by atoms with Crippen LogP contribution in [0.4, 0.5) is 5.69 Å². The molecule has 1 amide bonds. The van der Waals surface area contributed by atoms with Crippen molar-refractivity contribution in [2.75, 3.05) is 18.6 Å². The Morgan fingerprint density at radius 1 is 1.61 bits per heavy atom. The summed E-state index contributed by atoms with van der Waals surface area (Å²) in [5.41, 5.74) is 1.05. The van der Waals surface area contributed by atoms with Gasteiger partial charge in [-0.3, -0.25) is 4.79 Å². The van der Waals surface area contributed by atoms with Crippen LogP contribution in [-0.2, 0) is 9.53 Å². The van der Waals surface area contributed by atoms with Crippen LogP contribution in [0.2, 0.25) is 5.02 Å². The summed E-state index contributed by atoms with van der Waals surface area (Å²) in [5, 5.41) is 9.14. The molecular weight excluding hydrogens is 252 g/mol. The molecule has 0 aromatic heterocycles. The Bertz CT molecular complexity index is 482. The molecule has 0 spiro atoms. The second-order valence-electron chi connectivity index (χ2n) is 3.74. The molecule has 0 bridgehead atoms. The van der Waals surface area contributed by atoms with Gasteiger partial charge in [-0.05, 0) is 32.0 Å². The lowest BCUT2D eigenvalue weighted by Gasteiger charge is -2.24. The summed E-state index contributed by atoms with van der Waals surface area (Å²) in [6.45, 7) is 4.07. The average Bonchev–Trinajstić information content (AvgIpc) is 2.38. The number of likely N-dealkylation sites (N-methyl/N-ethyl adjacent to an activating group) is 1. The predicted octanol–water partition coefficient (Wildman–Crippen LogP) is 2.60. The molecule has 1 unspecified atom stereocenters. The molecule has 1 aromatic carbocycles.